The van der Waals surface area contributed by atoms with Crippen LogP contribution < -0.4 is 4.90 Å². The third kappa shape index (κ3) is 2.61. The van der Waals surface area contributed by atoms with E-state index in [-0.39, 0.29) is 0 Å². The number of likely N-dealkylation sites (tertiary alicyclic amines) is 1. The van der Waals surface area contributed by atoms with Gasteiger partial charge in [0.15, 0.2) is 5.13 Å². The summed E-state index contributed by atoms with van der Waals surface area (Å²) in [5.41, 5.74) is 1.09. The number of aromatic nitrogens is 1. The number of nitrogens with zero attached hydrogens (tertiary/aromatic N) is 3. The summed E-state index contributed by atoms with van der Waals surface area (Å²) in [6.45, 7) is 3.97. The molecule has 2 aromatic rings. The van der Waals surface area contributed by atoms with Gasteiger partial charge < -0.3 is 9.80 Å². The third-order valence-corrected chi connectivity index (χ3v) is 6.27. The molecule has 2 aliphatic rings. The maximum Gasteiger partial charge on any atom is 0.222 e. The summed E-state index contributed by atoms with van der Waals surface area (Å²) in [5.74, 6) is 0.309. The van der Waals surface area contributed by atoms with Gasteiger partial charge in [0.1, 0.15) is 0 Å². The maximum atomic E-state index is 12.3. The van der Waals surface area contributed by atoms with Gasteiger partial charge in [0, 0.05) is 19.5 Å². The number of carbonyl (C=O) groups excluding carboxylic acids is 1. The Morgan fingerprint density at radius 3 is 2.83 bits per heavy atom. The molecule has 2 fully saturated rings. The topological polar surface area (TPSA) is 36.4 Å². The van der Waals surface area contributed by atoms with Crippen LogP contribution in [0.5, 0.6) is 0 Å². The lowest BCUT2D eigenvalue weighted by molar-refractivity contribution is -0.131. The largest absolute Gasteiger partial charge is 0.343 e. The Hall–Kier alpha value is -1.62. The molecule has 1 aromatic heterocycles. The normalized spacial score (nSPS) is 24.7. The number of amides is 1. The van der Waals surface area contributed by atoms with Crippen LogP contribution in [0.1, 0.15) is 39.0 Å². The molecule has 23 heavy (non-hydrogen) atoms. The first kappa shape index (κ1) is 14.9. The summed E-state index contributed by atoms with van der Waals surface area (Å²) < 4.78 is 1.25. The molecule has 0 saturated carbocycles. The van der Waals surface area contributed by atoms with Crippen molar-refractivity contribution in [3.05, 3.63) is 24.3 Å². The number of fused-ring (bicyclic) bond motifs is 1. The Balaban J connectivity index is 1.62. The summed E-state index contributed by atoms with van der Waals surface area (Å²) in [6.07, 6.45) is 5.27. The lowest BCUT2D eigenvalue weighted by Gasteiger charge is -2.34. The quantitative estimate of drug-likeness (QED) is 0.862. The van der Waals surface area contributed by atoms with Crippen molar-refractivity contribution in [2.75, 3.05) is 18.0 Å². The van der Waals surface area contributed by atoms with E-state index in [0.29, 0.717) is 24.4 Å². The fraction of sp³-hybridized carbons (Fsp3) is 0.556. The fourth-order valence-corrected chi connectivity index (χ4v) is 5.17. The molecule has 4 nitrogen and oxygen atoms in total. The lowest BCUT2D eigenvalue weighted by Crippen LogP contribution is -2.48. The Morgan fingerprint density at radius 1 is 1.22 bits per heavy atom. The Morgan fingerprint density at radius 2 is 2.00 bits per heavy atom. The standard InChI is InChI=1S/C18H23N3OS/c1-2-17(22)20-11-5-8-14(20)15-9-6-12-21(15)18-19-13-7-3-4-10-16(13)23-18/h3-4,7,10,14-15H,2,5-6,8-9,11-12H2,1H3/t14-,15+/m0/s1. The zero-order valence-electron chi connectivity index (χ0n) is 13.6. The number of para-hydroxylation sites is 1. The van der Waals surface area contributed by atoms with Crippen molar-refractivity contribution >= 4 is 32.6 Å². The first-order valence-corrected chi connectivity index (χ1v) is 9.51. The monoisotopic (exact) mass is 329 g/mol. The highest BCUT2D eigenvalue weighted by molar-refractivity contribution is 7.22. The van der Waals surface area contributed by atoms with E-state index in [4.69, 9.17) is 4.98 Å². The highest BCUT2D eigenvalue weighted by atomic mass is 32.1. The smallest absolute Gasteiger partial charge is 0.222 e. The van der Waals surface area contributed by atoms with Crippen LogP contribution in [0.25, 0.3) is 10.2 Å². The first-order chi connectivity index (χ1) is 11.3. The molecule has 0 radical (unpaired) electrons. The summed E-state index contributed by atoms with van der Waals surface area (Å²) in [6, 6.07) is 9.16. The number of benzene rings is 1. The van der Waals surface area contributed by atoms with Crippen LogP contribution in [-0.2, 0) is 4.79 Å². The van der Waals surface area contributed by atoms with Gasteiger partial charge in [-0.1, -0.05) is 30.4 Å². The van der Waals surface area contributed by atoms with Gasteiger partial charge in [0.05, 0.1) is 22.3 Å². The van der Waals surface area contributed by atoms with E-state index in [0.717, 1.165) is 36.6 Å². The van der Waals surface area contributed by atoms with Crippen LogP contribution in [0.15, 0.2) is 24.3 Å². The Kier molecular flexibility index (Phi) is 3.97. The second kappa shape index (κ2) is 6.11. The predicted octanol–water partition coefficient (Wildman–Crippen LogP) is 3.67. The molecule has 2 aliphatic heterocycles. The summed E-state index contributed by atoms with van der Waals surface area (Å²) in [7, 11) is 0. The van der Waals surface area contributed by atoms with Crippen molar-refractivity contribution in [1.29, 1.82) is 0 Å². The summed E-state index contributed by atoms with van der Waals surface area (Å²) in [5, 5.41) is 1.13. The average molecular weight is 329 g/mol. The van der Waals surface area contributed by atoms with E-state index in [2.05, 4.69) is 28.0 Å². The number of thiazole rings is 1. The highest BCUT2D eigenvalue weighted by Gasteiger charge is 2.40. The van der Waals surface area contributed by atoms with Gasteiger partial charge in [0.25, 0.3) is 0 Å². The van der Waals surface area contributed by atoms with Gasteiger partial charge in [-0.15, -0.1) is 0 Å². The molecule has 2 atom stereocenters. The minimum atomic E-state index is 0.309. The fourth-order valence-electron chi connectivity index (χ4n) is 4.12. The van der Waals surface area contributed by atoms with Crippen LogP contribution >= 0.6 is 11.3 Å². The number of hydrogen-bond acceptors (Lipinski definition) is 4. The molecular weight excluding hydrogens is 306 g/mol. The van der Waals surface area contributed by atoms with Crippen LogP contribution in [-0.4, -0.2) is 41.0 Å². The summed E-state index contributed by atoms with van der Waals surface area (Å²) >= 11 is 1.78. The predicted molar refractivity (Wildman–Crippen MR) is 95.0 cm³/mol. The number of anilines is 1. The van der Waals surface area contributed by atoms with Crippen molar-refractivity contribution in [3.8, 4) is 0 Å². The van der Waals surface area contributed by atoms with Crippen molar-refractivity contribution in [3.63, 3.8) is 0 Å². The third-order valence-electron chi connectivity index (χ3n) is 5.19. The van der Waals surface area contributed by atoms with E-state index in [1.54, 1.807) is 11.3 Å². The van der Waals surface area contributed by atoms with Gasteiger partial charge >= 0.3 is 0 Å². The molecule has 0 bridgehead atoms. The number of hydrogen-bond donors (Lipinski definition) is 0. The zero-order chi connectivity index (χ0) is 15.8. The minimum Gasteiger partial charge on any atom is -0.343 e. The van der Waals surface area contributed by atoms with Gasteiger partial charge in [-0.2, -0.15) is 0 Å². The van der Waals surface area contributed by atoms with Crippen LogP contribution in [0, 0.1) is 0 Å². The van der Waals surface area contributed by atoms with Crippen LogP contribution in [0.2, 0.25) is 0 Å². The molecule has 1 amide bonds. The second-order valence-electron chi connectivity index (χ2n) is 6.52. The van der Waals surface area contributed by atoms with E-state index in [1.807, 2.05) is 13.0 Å². The lowest BCUT2D eigenvalue weighted by atomic mass is 10.0. The minimum absolute atomic E-state index is 0.309. The SMILES string of the molecule is CCC(=O)N1CCC[C@H]1[C@H]1CCCN1c1nc2ccccc2s1. The average Bonchev–Trinajstić information content (AvgIpc) is 3.29. The number of carbonyl (C=O) groups is 1. The van der Waals surface area contributed by atoms with Crippen molar-refractivity contribution in [2.45, 2.75) is 51.1 Å². The molecule has 2 saturated heterocycles. The molecule has 0 spiro atoms. The Bertz CT molecular complexity index is 680. The van der Waals surface area contributed by atoms with Crippen LogP contribution in [0.4, 0.5) is 5.13 Å². The summed E-state index contributed by atoms with van der Waals surface area (Å²) in [4.78, 5) is 21.7. The van der Waals surface area contributed by atoms with E-state index in [9.17, 15) is 4.79 Å². The van der Waals surface area contributed by atoms with E-state index >= 15 is 0 Å². The molecule has 5 heteroatoms. The molecule has 122 valence electrons. The van der Waals surface area contributed by atoms with Crippen LogP contribution in [0.3, 0.4) is 0 Å². The number of rotatable bonds is 3. The van der Waals surface area contributed by atoms with Gasteiger partial charge in [0.2, 0.25) is 5.91 Å². The molecule has 0 aliphatic carbocycles. The maximum absolute atomic E-state index is 12.3. The molecule has 1 aromatic carbocycles. The molecule has 4 rings (SSSR count). The molecule has 3 heterocycles. The van der Waals surface area contributed by atoms with Crippen molar-refractivity contribution in [2.24, 2.45) is 0 Å². The molecule has 0 N–H and O–H groups in total. The van der Waals surface area contributed by atoms with Gasteiger partial charge in [-0.05, 0) is 37.8 Å². The van der Waals surface area contributed by atoms with Gasteiger partial charge in [-0.25, -0.2) is 4.98 Å². The van der Waals surface area contributed by atoms with E-state index < -0.39 is 0 Å². The molecule has 0 unspecified atom stereocenters. The zero-order valence-corrected chi connectivity index (χ0v) is 14.4. The molecular formula is C18H23N3OS. The first-order valence-electron chi connectivity index (χ1n) is 8.69. The second-order valence-corrected chi connectivity index (χ2v) is 7.53. The Labute approximate surface area is 141 Å². The highest BCUT2D eigenvalue weighted by Crippen LogP contribution is 2.37. The van der Waals surface area contributed by atoms with E-state index in [1.165, 1.54) is 17.5 Å². The van der Waals surface area contributed by atoms with Crippen molar-refractivity contribution in [1.82, 2.24) is 9.88 Å². The van der Waals surface area contributed by atoms with Crippen molar-refractivity contribution < 1.29 is 4.79 Å². The van der Waals surface area contributed by atoms with Gasteiger partial charge in [-0.3, -0.25) is 4.79 Å².